The molecular formula is C18H28N4O4S. The summed E-state index contributed by atoms with van der Waals surface area (Å²) in [5.41, 5.74) is 1.08. The molecule has 1 atom stereocenters. The molecule has 3 heterocycles. The Kier molecular flexibility index (Phi) is 5.88. The Hall–Kier alpha value is -1.90. The van der Waals surface area contributed by atoms with Crippen LogP contribution in [0.1, 0.15) is 65.8 Å². The standard InChI is InChI=1S/C18H28N4O4S/c1-3-4-9-19-17(23)16-20-15(14-7-5-6-10-22(14)16)18(24)21(2)13-8-11-27(25,26)12-13/h13H,3-12H2,1-2H3,(H,19,23). The highest BCUT2D eigenvalue weighted by Gasteiger charge is 2.36. The van der Waals surface area contributed by atoms with Crippen LogP contribution in [0.4, 0.5) is 0 Å². The molecule has 1 fully saturated rings. The van der Waals surface area contributed by atoms with Crippen LogP contribution >= 0.6 is 0 Å². The number of hydrogen-bond donors (Lipinski definition) is 1. The fourth-order valence-electron chi connectivity index (χ4n) is 3.76. The summed E-state index contributed by atoms with van der Waals surface area (Å²) in [6.07, 6.45) is 4.92. The van der Waals surface area contributed by atoms with Gasteiger partial charge in [0.25, 0.3) is 11.8 Å². The molecule has 2 amide bonds. The smallest absolute Gasteiger partial charge is 0.287 e. The van der Waals surface area contributed by atoms with Gasteiger partial charge in [0.2, 0.25) is 0 Å². The molecule has 0 aromatic carbocycles. The average molecular weight is 397 g/mol. The summed E-state index contributed by atoms with van der Waals surface area (Å²) < 4.78 is 25.3. The van der Waals surface area contributed by atoms with Gasteiger partial charge in [-0.25, -0.2) is 13.4 Å². The van der Waals surface area contributed by atoms with Gasteiger partial charge in [0.05, 0.1) is 17.2 Å². The van der Waals surface area contributed by atoms with Crippen molar-refractivity contribution in [3.8, 4) is 0 Å². The van der Waals surface area contributed by atoms with Crippen LogP contribution in [0.3, 0.4) is 0 Å². The van der Waals surface area contributed by atoms with Gasteiger partial charge in [-0.3, -0.25) is 9.59 Å². The van der Waals surface area contributed by atoms with Crippen molar-refractivity contribution >= 4 is 21.7 Å². The summed E-state index contributed by atoms with van der Waals surface area (Å²) >= 11 is 0. The topological polar surface area (TPSA) is 101 Å². The molecule has 0 spiro atoms. The van der Waals surface area contributed by atoms with Crippen LogP contribution in [0.2, 0.25) is 0 Å². The third kappa shape index (κ3) is 4.17. The molecule has 8 nitrogen and oxygen atoms in total. The largest absolute Gasteiger partial charge is 0.349 e. The first-order chi connectivity index (χ1) is 12.8. The lowest BCUT2D eigenvalue weighted by atomic mass is 10.1. The maximum atomic E-state index is 13.0. The normalized spacial score (nSPS) is 20.9. The Bertz CT molecular complexity index is 831. The Morgan fingerprint density at radius 2 is 2.11 bits per heavy atom. The summed E-state index contributed by atoms with van der Waals surface area (Å²) in [6.45, 7) is 3.31. The molecule has 1 aromatic heterocycles. The summed E-state index contributed by atoms with van der Waals surface area (Å²) in [4.78, 5) is 31.5. The van der Waals surface area contributed by atoms with Gasteiger partial charge in [0.15, 0.2) is 15.7 Å². The maximum Gasteiger partial charge on any atom is 0.287 e. The second kappa shape index (κ2) is 8.00. The number of amides is 2. The zero-order chi connectivity index (χ0) is 19.6. The number of rotatable bonds is 6. The predicted octanol–water partition coefficient (Wildman–Crippen LogP) is 1.01. The minimum Gasteiger partial charge on any atom is -0.349 e. The fraction of sp³-hybridized carbons (Fsp3) is 0.722. The van der Waals surface area contributed by atoms with E-state index < -0.39 is 9.84 Å². The minimum absolute atomic E-state index is 0.00432. The molecule has 1 saturated heterocycles. The minimum atomic E-state index is -3.08. The van der Waals surface area contributed by atoms with Crippen molar-refractivity contribution in [2.24, 2.45) is 0 Å². The quantitative estimate of drug-likeness (QED) is 0.723. The molecular weight excluding hydrogens is 368 g/mol. The average Bonchev–Trinajstić information content (AvgIpc) is 3.21. The number of nitrogens with one attached hydrogen (secondary N) is 1. The molecule has 3 rings (SSSR count). The molecule has 1 unspecified atom stereocenters. The number of carbonyl (C=O) groups excluding carboxylic acids is 2. The zero-order valence-corrected chi connectivity index (χ0v) is 16.8. The van der Waals surface area contributed by atoms with Crippen molar-refractivity contribution in [1.82, 2.24) is 19.8 Å². The van der Waals surface area contributed by atoms with Gasteiger partial charge in [-0.1, -0.05) is 13.3 Å². The number of imidazole rings is 1. The Morgan fingerprint density at radius 3 is 2.78 bits per heavy atom. The van der Waals surface area contributed by atoms with E-state index in [2.05, 4.69) is 17.2 Å². The number of hydrogen-bond acceptors (Lipinski definition) is 5. The lowest BCUT2D eigenvalue weighted by molar-refractivity contribution is 0.0740. The highest BCUT2D eigenvalue weighted by molar-refractivity contribution is 7.91. The van der Waals surface area contributed by atoms with Crippen LogP contribution in [0.15, 0.2) is 0 Å². The number of nitrogens with zero attached hydrogens (tertiary/aromatic N) is 3. The van der Waals surface area contributed by atoms with E-state index in [-0.39, 0.29) is 35.2 Å². The van der Waals surface area contributed by atoms with Crippen LogP contribution in [-0.4, -0.2) is 65.8 Å². The van der Waals surface area contributed by atoms with Crippen molar-refractivity contribution in [1.29, 1.82) is 0 Å². The van der Waals surface area contributed by atoms with Crippen LogP contribution in [-0.2, 0) is 22.8 Å². The first-order valence-electron chi connectivity index (χ1n) is 9.69. The van der Waals surface area contributed by atoms with Crippen molar-refractivity contribution in [3.05, 3.63) is 17.2 Å². The Balaban J connectivity index is 1.84. The van der Waals surface area contributed by atoms with E-state index in [0.29, 0.717) is 31.6 Å². The van der Waals surface area contributed by atoms with E-state index in [0.717, 1.165) is 31.4 Å². The van der Waals surface area contributed by atoms with Gasteiger partial charge in [-0.15, -0.1) is 0 Å². The third-order valence-electron chi connectivity index (χ3n) is 5.42. The van der Waals surface area contributed by atoms with E-state index in [1.54, 1.807) is 7.05 Å². The van der Waals surface area contributed by atoms with Crippen molar-refractivity contribution in [3.63, 3.8) is 0 Å². The molecule has 9 heteroatoms. The summed E-state index contributed by atoms with van der Waals surface area (Å²) in [6, 6.07) is -0.328. The van der Waals surface area contributed by atoms with Crippen LogP contribution < -0.4 is 5.32 Å². The molecule has 1 N–H and O–H groups in total. The number of fused-ring (bicyclic) bond motifs is 1. The first-order valence-corrected chi connectivity index (χ1v) is 11.5. The monoisotopic (exact) mass is 396 g/mol. The zero-order valence-electron chi connectivity index (χ0n) is 16.0. The van der Waals surface area contributed by atoms with Crippen molar-refractivity contribution in [2.45, 2.75) is 58.0 Å². The fourth-order valence-corrected chi connectivity index (χ4v) is 5.53. The molecule has 27 heavy (non-hydrogen) atoms. The number of aromatic nitrogens is 2. The molecule has 150 valence electrons. The SMILES string of the molecule is CCCCNC(=O)c1nc(C(=O)N(C)C2CCS(=O)(=O)C2)c2n1CCCC2. The molecule has 0 radical (unpaired) electrons. The van der Waals surface area contributed by atoms with Crippen LogP contribution in [0.5, 0.6) is 0 Å². The number of carbonyl (C=O) groups is 2. The lowest BCUT2D eigenvalue weighted by Crippen LogP contribution is -2.38. The molecule has 0 aliphatic carbocycles. The van der Waals surface area contributed by atoms with Gasteiger partial charge in [0.1, 0.15) is 5.69 Å². The highest BCUT2D eigenvalue weighted by atomic mass is 32.2. The Morgan fingerprint density at radius 1 is 1.33 bits per heavy atom. The van der Waals surface area contributed by atoms with Gasteiger partial charge in [-0.2, -0.15) is 0 Å². The van der Waals surface area contributed by atoms with Crippen LogP contribution in [0.25, 0.3) is 0 Å². The maximum absolute atomic E-state index is 13.0. The van der Waals surface area contributed by atoms with E-state index in [1.807, 2.05) is 4.57 Å². The number of unbranched alkanes of at least 4 members (excludes halogenated alkanes) is 1. The van der Waals surface area contributed by atoms with E-state index in [4.69, 9.17) is 0 Å². The molecule has 2 aliphatic heterocycles. The van der Waals surface area contributed by atoms with Crippen LogP contribution in [0, 0.1) is 0 Å². The Labute approximate surface area is 160 Å². The summed E-state index contributed by atoms with van der Waals surface area (Å²) in [5.74, 6) is -0.152. The second-order valence-corrected chi connectivity index (χ2v) is 9.65. The van der Waals surface area contributed by atoms with Gasteiger partial charge in [-0.05, 0) is 32.1 Å². The molecule has 1 aromatic rings. The molecule has 0 saturated carbocycles. The number of sulfone groups is 1. The van der Waals surface area contributed by atoms with Crippen molar-refractivity contribution < 1.29 is 18.0 Å². The van der Waals surface area contributed by atoms with Gasteiger partial charge >= 0.3 is 0 Å². The highest BCUT2D eigenvalue weighted by Crippen LogP contribution is 2.24. The van der Waals surface area contributed by atoms with E-state index in [9.17, 15) is 18.0 Å². The lowest BCUT2D eigenvalue weighted by Gasteiger charge is -2.23. The van der Waals surface area contributed by atoms with Gasteiger partial charge < -0.3 is 14.8 Å². The van der Waals surface area contributed by atoms with E-state index in [1.165, 1.54) is 4.90 Å². The second-order valence-electron chi connectivity index (χ2n) is 7.42. The summed E-state index contributed by atoms with van der Waals surface area (Å²) in [5, 5.41) is 2.87. The first kappa shape index (κ1) is 19.9. The van der Waals surface area contributed by atoms with E-state index >= 15 is 0 Å². The van der Waals surface area contributed by atoms with Gasteiger partial charge in [0, 0.05) is 26.2 Å². The predicted molar refractivity (Wildman–Crippen MR) is 102 cm³/mol. The summed E-state index contributed by atoms with van der Waals surface area (Å²) in [7, 11) is -1.45. The third-order valence-corrected chi connectivity index (χ3v) is 7.17. The van der Waals surface area contributed by atoms with Crippen molar-refractivity contribution in [2.75, 3.05) is 25.1 Å². The molecule has 2 aliphatic rings. The molecule has 0 bridgehead atoms.